The summed E-state index contributed by atoms with van der Waals surface area (Å²) in [6.45, 7) is 7.80. The zero-order chi connectivity index (χ0) is 27.1. The van der Waals surface area contributed by atoms with Crippen molar-refractivity contribution in [2.75, 3.05) is 6.61 Å². The van der Waals surface area contributed by atoms with Crippen LogP contribution in [0, 0.1) is 18.8 Å². The number of benzene rings is 3. The number of ether oxygens (including phenoxy) is 2. The van der Waals surface area contributed by atoms with Crippen LogP contribution >= 0.6 is 0 Å². The van der Waals surface area contributed by atoms with E-state index < -0.39 is 18.0 Å². The predicted molar refractivity (Wildman–Crippen MR) is 139 cm³/mol. The van der Waals surface area contributed by atoms with E-state index in [-0.39, 0.29) is 24.7 Å². The lowest BCUT2D eigenvalue weighted by Gasteiger charge is -2.15. The third-order valence-electron chi connectivity index (χ3n) is 6.12. The second kappa shape index (κ2) is 12.2. The van der Waals surface area contributed by atoms with E-state index in [1.54, 1.807) is 18.2 Å². The maximum Gasteiger partial charge on any atom is 0.349 e. The summed E-state index contributed by atoms with van der Waals surface area (Å²) in [6, 6.07) is 14.3. The van der Waals surface area contributed by atoms with Gasteiger partial charge in [0.05, 0.1) is 0 Å². The molecule has 2 N–H and O–H groups in total. The van der Waals surface area contributed by atoms with Crippen molar-refractivity contribution in [3.05, 3.63) is 92.9 Å². The van der Waals surface area contributed by atoms with Gasteiger partial charge >= 0.3 is 11.9 Å². The third kappa shape index (κ3) is 7.39. The average molecular weight is 506 g/mol. The van der Waals surface area contributed by atoms with Crippen LogP contribution in [0.1, 0.15) is 53.1 Å². The van der Waals surface area contributed by atoms with Crippen molar-refractivity contribution in [3.8, 4) is 17.2 Å². The number of aliphatic carboxylic acids is 1. The fraction of sp³-hybridized carbons (Fsp3) is 0.310. The minimum Gasteiger partial charge on any atom is -0.508 e. The van der Waals surface area contributed by atoms with Crippen LogP contribution in [0.15, 0.2) is 59.8 Å². The molecule has 0 fully saturated rings. The van der Waals surface area contributed by atoms with Gasteiger partial charge in [-0.05, 0) is 89.9 Å². The maximum absolute atomic E-state index is 12.3. The van der Waals surface area contributed by atoms with Gasteiger partial charge in [0.1, 0.15) is 17.2 Å². The Morgan fingerprint density at radius 1 is 0.919 bits per heavy atom. The molecular weight excluding hydrogens is 474 g/mol. The molecule has 0 unspecified atom stereocenters. The van der Waals surface area contributed by atoms with E-state index in [0.29, 0.717) is 23.5 Å². The number of nitrogens with zero attached hydrogens (tertiary/aromatic N) is 1. The molecule has 0 heterocycles. The molecule has 0 aromatic heterocycles. The highest BCUT2D eigenvalue weighted by Gasteiger charge is 2.18. The SMILES string of the molecule is Cc1cc(OCC(=O)Oc2ccc(C[C@H](N=O)C(=O)O)cc2)cc(C)c1Cc1ccc(O)c(C(C)C)c1. The molecule has 0 saturated carbocycles. The first-order chi connectivity index (χ1) is 17.6. The molecule has 1 atom stereocenters. The van der Waals surface area contributed by atoms with Gasteiger partial charge in [0.15, 0.2) is 12.6 Å². The molecule has 0 aliphatic heterocycles. The Morgan fingerprint density at radius 2 is 1.54 bits per heavy atom. The van der Waals surface area contributed by atoms with Crippen molar-refractivity contribution in [2.45, 2.75) is 52.5 Å². The first kappa shape index (κ1) is 27.4. The molecule has 0 aliphatic rings. The quantitative estimate of drug-likeness (QED) is 0.201. The fourth-order valence-electron chi connectivity index (χ4n) is 4.09. The molecule has 0 radical (unpaired) electrons. The van der Waals surface area contributed by atoms with Crippen molar-refractivity contribution in [2.24, 2.45) is 5.18 Å². The van der Waals surface area contributed by atoms with Crippen LogP contribution in [0.4, 0.5) is 0 Å². The lowest BCUT2D eigenvalue weighted by molar-refractivity contribution is -0.138. The molecule has 0 bridgehead atoms. The van der Waals surface area contributed by atoms with Crippen LogP contribution < -0.4 is 9.47 Å². The van der Waals surface area contributed by atoms with Crippen LogP contribution in [-0.4, -0.2) is 34.8 Å². The van der Waals surface area contributed by atoms with Crippen molar-refractivity contribution in [3.63, 3.8) is 0 Å². The monoisotopic (exact) mass is 505 g/mol. The van der Waals surface area contributed by atoms with Gasteiger partial charge < -0.3 is 19.7 Å². The molecule has 3 aromatic rings. The average Bonchev–Trinajstić information content (AvgIpc) is 2.85. The summed E-state index contributed by atoms with van der Waals surface area (Å²) in [5, 5.41) is 21.6. The van der Waals surface area contributed by atoms with Crippen molar-refractivity contribution in [1.29, 1.82) is 0 Å². The number of carbonyl (C=O) groups excluding carboxylic acids is 1. The number of aromatic hydroxyl groups is 1. The lowest BCUT2D eigenvalue weighted by Crippen LogP contribution is -2.20. The zero-order valence-electron chi connectivity index (χ0n) is 21.4. The molecule has 3 rings (SSSR count). The van der Waals surface area contributed by atoms with Crippen molar-refractivity contribution < 1.29 is 29.3 Å². The molecule has 194 valence electrons. The maximum atomic E-state index is 12.3. The topological polar surface area (TPSA) is 122 Å². The smallest absolute Gasteiger partial charge is 0.349 e. The number of hydrogen-bond donors (Lipinski definition) is 2. The Kier molecular flexibility index (Phi) is 9.00. The number of carboxylic acids is 1. The highest BCUT2D eigenvalue weighted by atomic mass is 16.6. The number of phenols is 1. The van der Waals surface area contributed by atoms with E-state index in [9.17, 15) is 19.6 Å². The number of esters is 1. The lowest BCUT2D eigenvalue weighted by atomic mass is 9.93. The van der Waals surface area contributed by atoms with Crippen molar-refractivity contribution in [1.82, 2.24) is 0 Å². The largest absolute Gasteiger partial charge is 0.508 e. The summed E-state index contributed by atoms with van der Waals surface area (Å²) < 4.78 is 11.0. The minimum absolute atomic E-state index is 0.0451. The molecule has 0 spiro atoms. The summed E-state index contributed by atoms with van der Waals surface area (Å²) in [5.74, 6) is -0.515. The highest BCUT2D eigenvalue weighted by molar-refractivity contribution is 5.74. The number of hydrogen-bond acceptors (Lipinski definition) is 7. The Hall–Kier alpha value is -4.20. The number of carbonyl (C=O) groups is 2. The van der Waals surface area contributed by atoms with E-state index >= 15 is 0 Å². The minimum atomic E-state index is -1.36. The summed E-state index contributed by atoms with van der Waals surface area (Å²) in [7, 11) is 0. The van der Waals surface area contributed by atoms with E-state index in [1.807, 2.05) is 52.0 Å². The molecule has 8 nitrogen and oxygen atoms in total. The normalized spacial score (nSPS) is 11.7. The van der Waals surface area contributed by atoms with Crippen LogP contribution in [0.25, 0.3) is 0 Å². The van der Waals surface area contributed by atoms with Gasteiger partial charge in [0.25, 0.3) is 0 Å². The van der Waals surface area contributed by atoms with Crippen molar-refractivity contribution >= 4 is 11.9 Å². The number of phenolic OH excluding ortho intramolecular Hbond substituents is 1. The highest BCUT2D eigenvalue weighted by Crippen LogP contribution is 2.29. The van der Waals surface area contributed by atoms with E-state index in [1.165, 1.54) is 12.1 Å². The molecule has 3 aromatic carbocycles. The van der Waals surface area contributed by atoms with Gasteiger partial charge in [0, 0.05) is 6.42 Å². The van der Waals surface area contributed by atoms with Gasteiger partial charge in [-0.25, -0.2) is 9.59 Å². The van der Waals surface area contributed by atoms with Crippen LogP contribution in [0.2, 0.25) is 0 Å². The molecule has 0 saturated heterocycles. The number of rotatable bonds is 11. The summed E-state index contributed by atoms with van der Waals surface area (Å²) in [4.78, 5) is 33.8. The predicted octanol–water partition coefficient (Wildman–Crippen LogP) is 5.47. The first-order valence-corrected chi connectivity index (χ1v) is 12.0. The van der Waals surface area contributed by atoms with Gasteiger partial charge in [0.2, 0.25) is 0 Å². The van der Waals surface area contributed by atoms with Crippen LogP contribution in [0.5, 0.6) is 17.2 Å². The molecule has 8 heteroatoms. The Bertz CT molecular complexity index is 1260. The summed E-state index contributed by atoms with van der Waals surface area (Å²) >= 11 is 0. The van der Waals surface area contributed by atoms with Gasteiger partial charge in [-0.1, -0.05) is 43.3 Å². The van der Waals surface area contributed by atoms with Crippen LogP contribution in [-0.2, 0) is 22.4 Å². The van der Waals surface area contributed by atoms with Gasteiger partial charge in [-0.2, -0.15) is 0 Å². The third-order valence-corrected chi connectivity index (χ3v) is 6.12. The number of aryl methyl sites for hydroxylation is 2. The molecule has 0 aliphatic carbocycles. The summed E-state index contributed by atoms with van der Waals surface area (Å²) in [5.41, 5.74) is 5.83. The Labute approximate surface area is 215 Å². The Balaban J connectivity index is 1.59. The Morgan fingerprint density at radius 3 is 2.11 bits per heavy atom. The zero-order valence-corrected chi connectivity index (χ0v) is 21.4. The van der Waals surface area contributed by atoms with E-state index in [0.717, 1.165) is 27.8 Å². The standard InChI is InChI=1S/C29H31NO7/c1-17(2)24-13-21(7-10-27(24)31)14-25-18(3)11-23(12-19(25)4)36-16-28(32)37-22-8-5-20(6-9-22)15-26(30-35)29(33)34/h5-13,17,26,31H,14-16H2,1-4H3,(H,33,34)/t26-/m0/s1. The second-order valence-electron chi connectivity index (χ2n) is 9.33. The second-order valence-corrected chi connectivity index (χ2v) is 9.33. The first-order valence-electron chi connectivity index (χ1n) is 12.0. The van der Waals surface area contributed by atoms with Crippen LogP contribution in [0.3, 0.4) is 0 Å². The van der Waals surface area contributed by atoms with Gasteiger partial charge in [-0.3, -0.25) is 0 Å². The number of nitroso groups, excluding NO2 is 1. The fourth-order valence-corrected chi connectivity index (χ4v) is 4.09. The number of carboxylic acid groups (broad SMARTS) is 1. The summed E-state index contributed by atoms with van der Waals surface area (Å²) in [6.07, 6.45) is 0.669. The molecular formula is C29H31NO7. The molecule has 37 heavy (non-hydrogen) atoms. The van der Waals surface area contributed by atoms with E-state index in [2.05, 4.69) is 5.18 Å². The molecule has 0 amide bonds. The van der Waals surface area contributed by atoms with E-state index in [4.69, 9.17) is 14.6 Å². The van der Waals surface area contributed by atoms with Gasteiger partial charge in [-0.15, -0.1) is 4.91 Å².